The Morgan fingerprint density at radius 3 is 2.83 bits per heavy atom. The molecule has 0 bridgehead atoms. The van der Waals surface area contributed by atoms with E-state index in [1.807, 2.05) is 32.2 Å². The number of halogens is 2. The van der Waals surface area contributed by atoms with E-state index in [-0.39, 0.29) is 16.8 Å². The van der Waals surface area contributed by atoms with E-state index in [9.17, 15) is 9.18 Å². The molecule has 0 radical (unpaired) electrons. The Labute approximate surface area is 181 Å². The molecule has 0 spiro atoms. The fourth-order valence-corrected chi connectivity index (χ4v) is 3.90. The zero-order valence-corrected chi connectivity index (χ0v) is 18.2. The Morgan fingerprint density at radius 2 is 2.10 bits per heavy atom. The summed E-state index contributed by atoms with van der Waals surface area (Å²) in [6.07, 6.45) is 1.45. The molecule has 2 amide bonds. The minimum Gasteiger partial charge on any atom is -0.445 e. The maximum Gasteiger partial charge on any atom is 0.327 e. The van der Waals surface area contributed by atoms with Crippen molar-refractivity contribution < 1.29 is 13.9 Å². The minimum atomic E-state index is -0.499. The molecule has 0 atom stereocenters. The number of hydrogen-bond acceptors (Lipinski definition) is 6. The normalized spacial score (nSPS) is 10.7. The molecule has 0 saturated heterocycles. The van der Waals surface area contributed by atoms with E-state index in [0.29, 0.717) is 10.2 Å². The first-order valence-corrected chi connectivity index (χ1v) is 10.5. The average Bonchev–Trinajstić information content (AvgIpc) is 3.09. The van der Waals surface area contributed by atoms with Crippen LogP contribution in [-0.2, 0) is 0 Å². The fraction of sp³-hybridized carbons (Fsp3) is 0.158. The standard InChI is InChI=1S/C19H18ClFN4O2S2/c1-11-4-5-14(9-16(11)29-22-2)25(3)19(26)24-18-23-10-17(28-18)27-15-7-12(20)6-13(21)8-15/h4-10,22H,1-3H3,(H,23,24,26). The predicted molar refractivity (Wildman–Crippen MR) is 117 cm³/mol. The van der Waals surface area contributed by atoms with Crippen LogP contribution in [0.1, 0.15) is 5.56 Å². The summed E-state index contributed by atoms with van der Waals surface area (Å²) in [5.41, 5.74) is 1.86. The lowest BCUT2D eigenvalue weighted by Crippen LogP contribution is -2.31. The van der Waals surface area contributed by atoms with E-state index < -0.39 is 5.82 Å². The smallest absolute Gasteiger partial charge is 0.327 e. The third kappa shape index (κ3) is 5.60. The highest BCUT2D eigenvalue weighted by Gasteiger charge is 2.15. The second-order valence-electron chi connectivity index (χ2n) is 5.94. The molecule has 0 aliphatic carbocycles. The summed E-state index contributed by atoms with van der Waals surface area (Å²) in [7, 11) is 3.51. The number of nitrogens with one attached hydrogen (secondary N) is 2. The monoisotopic (exact) mass is 452 g/mol. The average molecular weight is 453 g/mol. The number of aryl methyl sites for hydroxylation is 1. The van der Waals surface area contributed by atoms with Crippen LogP contribution < -0.4 is 19.7 Å². The number of nitrogens with zero attached hydrogens (tertiary/aromatic N) is 2. The van der Waals surface area contributed by atoms with E-state index in [4.69, 9.17) is 16.3 Å². The third-order valence-electron chi connectivity index (χ3n) is 3.83. The summed E-state index contributed by atoms with van der Waals surface area (Å²) in [6, 6.07) is 9.32. The molecule has 152 valence electrons. The van der Waals surface area contributed by atoms with Crippen LogP contribution in [0, 0.1) is 12.7 Å². The van der Waals surface area contributed by atoms with E-state index in [2.05, 4.69) is 15.0 Å². The molecule has 1 heterocycles. The molecule has 0 unspecified atom stereocenters. The van der Waals surface area contributed by atoms with Gasteiger partial charge in [0.15, 0.2) is 5.13 Å². The highest BCUT2D eigenvalue weighted by Crippen LogP contribution is 2.32. The maximum atomic E-state index is 13.4. The minimum absolute atomic E-state index is 0.230. The summed E-state index contributed by atoms with van der Waals surface area (Å²) < 4.78 is 22.0. The van der Waals surface area contributed by atoms with Crippen LogP contribution in [0.3, 0.4) is 0 Å². The first-order valence-electron chi connectivity index (χ1n) is 8.44. The molecule has 0 aliphatic heterocycles. The van der Waals surface area contributed by atoms with Crippen LogP contribution in [-0.4, -0.2) is 25.1 Å². The molecule has 10 heteroatoms. The van der Waals surface area contributed by atoms with Crippen LogP contribution in [0.15, 0.2) is 47.5 Å². The van der Waals surface area contributed by atoms with E-state index in [0.717, 1.165) is 27.5 Å². The Balaban J connectivity index is 1.67. The van der Waals surface area contributed by atoms with Crippen molar-refractivity contribution >= 4 is 51.7 Å². The summed E-state index contributed by atoms with van der Waals surface area (Å²) in [6.45, 7) is 2.01. The van der Waals surface area contributed by atoms with Gasteiger partial charge in [-0.15, -0.1) is 0 Å². The van der Waals surface area contributed by atoms with Crippen molar-refractivity contribution in [2.24, 2.45) is 0 Å². The quantitative estimate of drug-likeness (QED) is 0.453. The molecule has 3 aromatic rings. The van der Waals surface area contributed by atoms with Crippen molar-refractivity contribution in [1.82, 2.24) is 9.71 Å². The van der Waals surface area contributed by atoms with Gasteiger partial charge in [0.05, 0.1) is 6.20 Å². The SMILES string of the molecule is CNSc1cc(N(C)C(=O)Nc2ncc(Oc3cc(F)cc(Cl)c3)s2)ccc1C. The Morgan fingerprint density at radius 1 is 1.31 bits per heavy atom. The summed E-state index contributed by atoms with van der Waals surface area (Å²) in [5, 5.41) is 3.71. The van der Waals surface area contributed by atoms with Crippen molar-refractivity contribution in [3.63, 3.8) is 0 Å². The Kier molecular flexibility index (Phi) is 6.96. The van der Waals surface area contributed by atoms with Gasteiger partial charge in [0.25, 0.3) is 0 Å². The van der Waals surface area contributed by atoms with Gasteiger partial charge in [-0.25, -0.2) is 14.2 Å². The number of carbonyl (C=O) groups excluding carboxylic acids is 1. The van der Waals surface area contributed by atoms with Gasteiger partial charge < -0.3 is 4.74 Å². The predicted octanol–water partition coefficient (Wildman–Crippen LogP) is 5.93. The van der Waals surface area contributed by atoms with Crippen LogP contribution in [0.4, 0.5) is 20.0 Å². The number of urea groups is 1. The second kappa shape index (κ2) is 9.45. The van der Waals surface area contributed by atoms with Gasteiger partial charge in [-0.2, -0.15) is 0 Å². The number of benzene rings is 2. The van der Waals surface area contributed by atoms with E-state index in [1.165, 1.54) is 41.2 Å². The highest BCUT2D eigenvalue weighted by atomic mass is 35.5. The first-order chi connectivity index (χ1) is 13.9. The van der Waals surface area contributed by atoms with Crippen molar-refractivity contribution in [2.75, 3.05) is 24.3 Å². The zero-order chi connectivity index (χ0) is 21.0. The molecule has 6 nitrogen and oxygen atoms in total. The molecule has 0 fully saturated rings. The van der Waals surface area contributed by atoms with E-state index in [1.54, 1.807) is 7.05 Å². The fourth-order valence-electron chi connectivity index (χ4n) is 2.38. The lowest BCUT2D eigenvalue weighted by Gasteiger charge is -2.18. The third-order valence-corrected chi connectivity index (χ3v) is 5.70. The number of amides is 2. The van der Waals surface area contributed by atoms with E-state index >= 15 is 0 Å². The van der Waals surface area contributed by atoms with Gasteiger partial charge in [-0.05, 0) is 55.7 Å². The van der Waals surface area contributed by atoms with Gasteiger partial charge in [0.1, 0.15) is 11.6 Å². The van der Waals surface area contributed by atoms with Gasteiger partial charge in [-0.1, -0.05) is 29.0 Å². The summed E-state index contributed by atoms with van der Waals surface area (Å²) in [5.74, 6) is -0.246. The molecular formula is C19H18ClFN4O2S2. The highest BCUT2D eigenvalue weighted by molar-refractivity contribution is 7.97. The largest absolute Gasteiger partial charge is 0.445 e. The molecule has 3 rings (SSSR count). The van der Waals surface area contributed by atoms with Crippen LogP contribution in [0.2, 0.25) is 5.02 Å². The summed E-state index contributed by atoms with van der Waals surface area (Å²) in [4.78, 5) is 19.2. The lowest BCUT2D eigenvalue weighted by molar-refractivity contribution is 0.258. The number of anilines is 2. The van der Waals surface area contributed by atoms with Crippen molar-refractivity contribution in [1.29, 1.82) is 0 Å². The van der Waals surface area contributed by atoms with Crippen LogP contribution in [0.25, 0.3) is 0 Å². The first kappa shape index (κ1) is 21.4. The van der Waals surface area contributed by atoms with Crippen molar-refractivity contribution in [2.45, 2.75) is 11.8 Å². The molecule has 0 saturated carbocycles. The number of rotatable bonds is 6. The maximum absolute atomic E-state index is 13.4. The van der Waals surface area contributed by atoms with Crippen molar-refractivity contribution in [3.8, 4) is 10.8 Å². The molecule has 2 N–H and O–H groups in total. The molecule has 2 aromatic carbocycles. The van der Waals surface area contributed by atoms with Crippen LogP contribution >= 0.6 is 34.9 Å². The van der Waals surface area contributed by atoms with Crippen LogP contribution in [0.5, 0.6) is 10.8 Å². The Bertz CT molecular complexity index is 1010. The molecule has 0 aliphatic rings. The van der Waals surface area contributed by atoms with Gasteiger partial charge >= 0.3 is 6.03 Å². The number of aromatic nitrogens is 1. The second-order valence-corrected chi connectivity index (χ2v) is 8.42. The number of ether oxygens (including phenoxy) is 1. The lowest BCUT2D eigenvalue weighted by atomic mass is 10.2. The van der Waals surface area contributed by atoms with Gasteiger partial charge in [0, 0.05) is 28.7 Å². The zero-order valence-electron chi connectivity index (χ0n) is 15.8. The van der Waals surface area contributed by atoms with Crippen molar-refractivity contribution in [3.05, 3.63) is 59.0 Å². The van der Waals surface area contributed by atoms with Gasteiger partial charge in [-0.3, -0.25) is 14.9 Å². The topological polar surface area (TPSA) is 66.5 Å². The number of carbonyl (C=O) groups is 1. The summed E-state index contributed by atoms with van der Waals surface area (Å²) >= 11 is 8.43. The number of hydrogen-bond donors (Lipinski definition) is 2. The molecular weight excluding hydrogens is 435 g/mol. The molecule has 1 aromatic heterocycles. The Hall–Kier alpha value is -2.33. The number of thiazole rings is 1. The van der Waals surface area contributed by atoms with Gasteiger partial charge in [0.2, 0.25) is 5.06 Å². The molecule has 29 heavy (non-hydrogen) atoms.